The summed E-state index contributed by atoms with van der Waals surface area (Å²) in [7, 11) is -3.19. The number of carbonyl (C=O) groups excluding carboxylic acids is 1. The molecule has 0 aliphatic carbocycles. The van der Waals surface area contributed by atoms with Crippen molar-refractivity contribution in [3.05, 3.63) is 40.2 Å². The van der Waals surface area contributed by atoms with Gasteiger partial charge in [0, 0.05) is 22.0 Å². The summed E-state index contributed by atoms with van der Waals surface area (Å²) in [6.45, 7) is 2.02. The molecule has 0 aromatic heterocycles. The summed E-state index contributed by atoms with van der Waals surface area (Å²) in [6.07, 6.45) is 3.76. The molecule has 114 valence electrons. The molecule has 1 amide bonds. The minimum Gasteiger partial charge on any atom is -0.304 e. The van der Waals surface area contributed by atoms with Crippen LogP contribution in [0.3, 0.4) is 0 Å². The Kier molecular flexibility index (Phi) is 5.22. The van der Waals surface area contributed by atoms with Gasteiger partial charge in [-0.05, 0) is 36.8 Å². The van der Waals surface area contributed by atoms with Gasteiger partial charge in [0.15, 0.2) is 9.84 Å². The van der Waals surface area contributed by atoms with Crippen molar-refractivity contribution in [2.24, 2.45) is 0 Å². The third kappa shape index (κ3) is 4.17. The lowest BCUT2D eigenvalue weighted by Gasteiger charge is -2.27. The zero-order valence-electron chi connectivity index (χ0n) is 11.8. The lowest BCUT2D eigenvalue weighted by atomic mass is 10.1. The smallest absolute Gasteiger partial charge is 0.227 e. The van der Waals surface area contributed by atoms with E-state index in [-0.39, 0.29) is 11.7 Å². The minimum absolute atomic E-state index is 0.0362. The number of hydrogen-bond donors (Lipinski definition) is 0. The second-order valence-corrected chi connectivity index (χ2v) is 7.92. The second kappa shape index (κ2) is 6.75. The zero-order valence-corrected chi connectivity index (χ0v) is 14.2. The third-order valence-electron chi connectivity index (χ3n) is 3.36. The average molecular weight is 372 g/mol. The van der Waals surface area contributed by atoms with Crippen LogP contribution in [0.1, 0.15) is 26.2 Å². The van der Waals surface area contributed by atoms with Crippen molar-refractivity contribution < 1.29 is 13.2 Å². The van der Waals surface area contributed by atoms with E-state index < -0.39 is 15.9 Å². The highest BCUT2D eigenvalue weighted by molar-refractivity contribution is 9.10. The second-order valence-electron chi connectivity index (χ2n) is 5.07. The van der Waals surface area contributed by atoms with E-state index in [1.165, 1.54) is 5.41 Å². The number of carbonyl (C=O) groups is 1. The maximum atomic E-state index is 12.5. The normalized spacial score (nSPS) is 19.6. The maximum absolute atomic E-state index is 12.5. The van der Waals surface area contributed by atoms with Gasteiger partial charge < -0.3 is 4.90 Å². The Hall–Kier alpha value is -1.14. The molecular formula is C15H18BrNO3S. The van der Waals surface area contributed by atoms with E-state index in [9.17, 15) is 13.2 Å². The van der Waals surface area contributed by atoms with Crippen LogP contribution < -0.4 is 4.90 Å². The molecule has 1 unspecified atom stereocenters. The molecular weight excluding hydrogens is 354 g/mol. The van der Waals surface area contributed by atoms with Crippen molar-refractivity contribution in [2.75, 3.05) is 10.7 Å². The van der Waals surface area contributed by atoms with Gasteiger partial charge in [-0.25, -0.2) is 8.42 Å². The minimum atomic E-state index is -3.19. The molecule has 0 saturated heterocycles. The van der Waals surface area contributed by atoms with Crippen molar-refractivity contribution in [3.63, 3.8) is 0 Å². The number of unbranched alkanes of at least 4 members (excludes halogenated alkanes) is 1. The van der Waals surface area contributed by atoms with E-state index in [1.54, 1.807) is 11.0 Å². The van der Waals surface area contributed by atoms with Gasteiger partial charge in [0.1, 0.15) is 0 Å². The number of rotatable bonds is 5. The largest absolute Gasteiger partial charge is 0.304 e. The molecule has 1 heterocycles. The van der Waals surface area contributed by atoms with Crippen LogP contribution in [0.15, 0.2) is 40.2 Å². The summed E-state index contributed by atoms with van der Waals surface area (Å²) in [5.41, 5.74) is 0.728. The molecule has 1 aromatic carbocycles. The lowest BCUT2D eigenvalue weighted by molar-refractivity contribution is -0.118. The van der Waals surface area contributed by atoms with Gasteiger partial charge in [0.25, 0.3) is 0 Å². The van der Waals surface area contributed by atoms with Crippen LogP contribution in [0.25, 0.3) is 0 Å². The van der Waals surface area contributed by atoms with E-state index in [0.717, 1.165) is 23.0 Å². The van der Waals surface area contributed by atoms with Gasteiger partial charge in [0.2, 0.25) is 5.91 Å². The quantitative estimate of drug-likeness (QED) is 0.797. The molecule has 0 bridgehead atoms. The topological polar surface area (TPSA) is 54.5 Å². The van der Waals surface area contributed by atoms with Crippen molar-refractivity contribution in [2.45, 2.75) is 32.2 Å². The Balaban J connectivity index is 2.29. The van der Waals surface area contributed by atoms with Gasteiger partial charge in [-0.15, -0.1) is 0 Å². The molecule has 0 radical (unpaired) electrons. The van der Waals surface area contributed by atoms with Gasteiger partial charge in [-0.3, -0.25) is 4.79 Å². The number of anilines is 1. The Morgan fingerprint density at radius 1 is 1.33 bits per heavy atom. The number of hydrogen-bond acceptors (Lipinski definition) is 3. The van der Waals surface area contributed by atoms with Crippen LogP contribution in [0.4, 0.5) is 5.69 Å². The van der Waals surface area contributed by atoms with Crippen LogP contribution in [-0.2, 0) is 14.6 Å². The number of amides is 1. The molecule has 1 aliphatic rings. The van der Waals surface area contributed by atoms with Crippen LogP contribution in [0.2, 0.25) is 0 Å². The van der Waals surface area contributed by atoms with E-state index in [2.05, 4.69) is 15.9 Å². The van der Waals surface area contributed by atoms with Gasteiger partial charge in [-0.1, -0.05) is 29.3 Å². The molecule has 1 atom stereocenters. The highest BCUT2D eigenvalue weighted by Gasteiger charge is 2.30. The summed E-state index contributed by atoms with van der Waals surface area (Å²) < 4.78 is 24.2. The monoisotopic (exact) mass is 371 g/mol. The van der Waals surface area contributed by atoms with Crippen LogP contribution in [-0.4, -0.2) is 26.1 Å². The first-order chi connectivity index (χ1) is 9.93. The fraction of sp³-hybridized carbons (Fsp3) is 0.400. The van der Waals surface area contributed by atoms with E-state index in [4.69, 9.17) is 0 Å². The first-order valence-electron chi connectivity index (χ1n) is 6.91. The van der Waals surface area contributed by atoms with E-state index >= 15 is 0 Å². The molecule has 21 heavy (non-hydrogen) atoms. The molecule has 1 aromatic rings. The summed E-state index contributed by atoms with van der Waals surface area (Å²) in [6, 6.07) is 6.94. The van der Waals surface area contributed by atoms with Gasteiger partial charge >= 0.3 is 0 Å². The summed E-state index contributed by atoms with van der Waals surface area (Å²) >= 11 is 3.36. The number of halogens is 1. The van der Waals surface area contributed by atoms with Crippen molar-refractivity contribution in [1.82, 2.24) is 0 Å². The van der Waals surface area contributed by atoms with Crippen molar-refractivity contribution >= 4 is 37.4 Å². The Morgan fingerprint density at radius 2 is 2.00 bits per heavy atom. The predicted molar refractivity (Wildman–Crippen MR) is 87.9 cm³/mol. The van der Waals surface area contributed by atoms with Crippen LogP contribution in [0.5, 0.6) is 0 Å². The third-order valence-corrected chi connectivity index (χ3v) is 5.27. The lowest BCUT2D eigenvalue weighted by Crippen LogP contribution is -2.41. The van der Waals surface area contributed by atoms with E-state index in [1.807, 2.05) is 31.2 Å². The highest BCUT2D eigenvalue weighted by atomic mass is 79.9. The molecule has 4 nitrogen and oxygen atoms in total. The summed E-state index contributed by atoms with van der Waals surface area (Å²) in [5, 5.41) is 1.20. The summed E-state index contributed by atoms with van der Waals surface area (Å²) in [5.74, 6) is -0.0769. The fourth-order valence-electron chi connectivity index (χ4n) is 2.29. The molecule has 2 rings (SSSR count). The highest BCUT2D eigenvalue weighted by Crippen LogP contribution is 2.25. The fourth-order valence-corrected chi connectivity index (χ4v) is 3.82. The molecule has 0 spiro atoms. The molecule has 0 N–H and O–H groups in total. The zero-order chi connectivity index (χ0) is 15.5. The Morgan fingerprint density at radius 3 is 2.52 bits per heavy atom. The predicted octanol–water partition coefficient (Wildman–Crippen LogP) is 3.28. The number of benzene rings is 1. The van der Waals surface area contributed by atoms with Gasteiger partial charge in [0.05, 0.1) is 11.8 Å². The van der Waals surface area contributed by atoms with Gasteiger partial charge in [-0.2, -0.15) is 0 Å². The molecule has 6 heteroatoms. The Bertz CT molecular complexity index is 637. The molecule has 0 saturated carbocycles. The number of sulfone groups is 1. The first-order valence-corrected chi connectivity index (χ1v) is 9.42. The molecule has 0 fully saturated rings. The van der Waals surface area contributed by atoms with E-state index in [0.29, 0.717) is 6.42 Å². The van der Waals surface area contributed by atoms with Crippen LogP contribution >= 0.6 is 15.9 Å². The van der Waals surface area contributed by atoms with Crippen molar-refractivity contribution in [1.29, 1.82) is 0 Å². The average Bonchev–Trinajstić information content (AvgIpc) is 2.79. The summed E-state index contributed by atoms with van der Waals surface area (Å²) in [4.78, 5) is 14.1. The SMILES string of the molecule is CCCCC(=O)N(c1ccc(Br)cc1)C1C=CS(=O)(=O)C1. The Labute approximate surface area is 133 Å². The number of nitrogens with zero attached hydrogens (tertiary/aromatic N) is 1. The molecule has 1 aliphatic heterocycles. The first kappa shape index (κ1) is 16.2. The van der Waals surface area contributed by atoms with Crippen molar-refractivity contribution in [3.8, 4) is 0 Å². The standard InChI is InChI=1S/C15H18BrNO3S/c1-2-3-4-15(18)17(13-7-5-12(16)6-8-13)14-9-10-21(19,20)11-14/h5-10,14H,2-4,11H2,1H3. The maximum Gasteiger partial charge on any atom is 0.227 e. The van der Waals surface area contributed by atoms with Crippen LogP contribution in [0, 0.1) is 0 Å².